The van der Waals surface area contributed by atoms with Gasteiger partial charge in [-0.2, -0.15) is 0 Å². The smallest absolute Gasteiger partial charge is 0.306 e. The van der Waals surface area contributed by atoms with Crippen LogP contribution in [0.1, 0.15) is 19.3 Å². The average Bonchev–Trinajstić information content (AvgIpc) is 1.88. The highest BCUT2D eigenvalue weighted by atomic mass is 16.5. The summed E-state index contributed by atoms with van der Waals surface area (Å²) in [7, 11) is 0. The lowest BCUT2D eigenvalue weighted by molar-refractivity contribution is -0.149. The number of ether oxygens (including phenoxy) is 1. The largest absolute Gasteiger partial charge is 0.466 e. The SMILES string of the molecule is C=CCC1CCOC(=O)C1. The van der Waals surface area contributed by atoms with E-state index in [1.807, 2.05) is 6.08 Å². The molecular weight excluding hydrogens is 128 g/mol. The predicted molar refractivity (Wildman–Crippen MR) is 38.5 cm³/mol. The number of hydrogen-bond acceptors (Lipinski definition) is 2. The molecule has 1 aliphatic heterocycles. The fraction of sp³-hybridized carbons (Fsp3) is 0.625. The van der Waals surface area contributed by atoms with Crippen molar-refractivity contribution in [1.29, 1.82) is 0 Å². The molecule has 56 valence electrons. The van der Waals surface area contributed by atoms with Gasteiger partial charge in [0.05, 0.1) is 6.61 Å². The lowest BCUT2D eigenvalue weighted by atomic mass is 9.96. The van der Waals surface area contributed by atoms with E-state index in [1.165, 1.54) is 0 Å². The number of esters is 1. The van der Waals surface area contributed by atoms with Crippen LogP contribution in [0.15, 0.2) is 12.7 Å². The Labute approximate surface area is 60.9 Å². The Morgan fingerprint density at radius 2 is 2.60 bits per heavy atom. The summed E-state index contributed by atoms with van der Waals surface area (Å²) < 4.78 is 4.78. The summed E-state index contributed by atoms with van der Waals surface area (Å²) in [6, 6.07) is 0. The van der Waals surface area contributed by atoms with Gasteiger partial charge in [-0.25, -0.2) is 0 Å². The normalized spacial score (nSPS) is 25.6. The number of allylic oxidation sites excluding steroid dienone is 1. The molecule has 0 aliphatic carbocycles. The van der Waals surface area contributed by atoms with Crippen molar-refractivity contribution in [2.45, 2.75) is 19.3 Å². The third kappa shape index (κ3) is 1.87. The lowest BCUT2D eigenvalue weighted by Gasteiger charge is -2.19. The second-order valence-corrected chi connectivity index (χ2v) is 2.60. The van der Waals surface area contributed by atoms with Gasteiger partial charge in [0.25, 0.3) is 0 Å². The number of carbonyl (C=O) groups excluding carboxylic acids is 1. The van der Waals surface area contributed by atoms with Crippen molar-refractivity contribution < 1.29 is 9.53 Å². The van der Waals surface area contributed by atoms with Crippen molar-refractivity contribution in [3.05, 3.63) is 12.7 Å². The zero-order valence-electron chi connectivity index (χ0n) is 6.01. The Kier molecular flexibility index (Phi) is 2.49. The summed E-state index contributed by atoms with van der Waals surface area (Å²) in [6.07, 6.45) is 4.38. The molecule has 0 N–H and O–H groups in total. The molecule has 1 fully saturated rings. The molecule has 1 atom stereocenters. The van der Waals surface area contributed by atoms with Crippen LogP contribution in [0.3, 0.4) is 0 Å². The Hall–Kier alpha value is -0.790. The molecule has 0 spiro atoms. The minimum atomic E-state index is -0.0573. The van der Waals surface area contributed by atoms with E-state index in [-0.39, 0.29) is 5.97 Å². The summed E-state index contributed by atoms with van der Waals surface area (Å²) in [6.45, 7) is 4.22. The first kappa shape index (κ1) is 7.32. The van der Waals surface area contributed by atoms with Crippen LogP contribution in [0, 0.1) is 5.92 Å². The molecular formula is C8H12O2. The number of cyclic esters (lactones) is 1. The maximum atomic E-state index is 10.7. The van der Waals surface area contributed by atoms with Crippen LogP contribution in [0.2, 0.25) is 0 Å². The molecule has 1 aliphatic rings. The van der Waals surface area contributed by atoms with Crippen LogP contribution in [0.4, 0.5) is 0 Å². The highest BCUT2D eigenvalue weighted by Gasteiger charge is 2.18. The number of rotatable bonds is 2. The van der Waals surface area contributed by atoms with E-state index in [9.17, 15) is 4.79 Å². The van der Waals surface area contributed by atoms with Crippen LogP contribution in [-0.2, 0) is 9.53 Å². The third-order valence-electron chi connectivity index (χ3n) is 1.74. The van der Waals surface area contributed by atoms with Gasteiger partial charge in [0.15, 0.2) is 0 Å². The summed E-state index contributed by atoms with van der Waals surface area (Å²) in [5, 5.41) is 0. The second kappa shape index (κ2) is 3.40. The highest BCUT2D eigenvalue weighted by Crippen LogP contribution is 2.18. The zero-order valence-corrected chi connectivity index (χ0v) is 6.01. The molecule has 0 radical (unpaired) electrons. The molecule has 0 saturated carbocycles. The molecule has 0 bridgehead atoms. The monoisotopic (exact) mass is 140 g/mol. The molecule has 0 aromatic heterocycles. The van der Waals surface area contributed by atoms with Gasteiger partial charge in [-0.15, -0.1) is 6.58 Å². The summed E-state index contributed by atoms with van der Waals surface area (Å²) in [5.41, 5.74) is 0. The average molecular weight is 140 g/mol. The van der Waals surface area contributed by atoms with Gasteiger partial charge in [0.2, 0.25) is 0 Å². The molecule has 0 aromatic carbocycles. The van der Waals surface area contributed by atoms with Gasteiger partial charge in [-0.05, 0) is 18.8 Å². The molecule has 2 heteroatoms. The first-order valence-corrected chi connectivity index (χ1v) is 3.59. The summed E-state index contributed by atoms with van der Waals surface area (Å²) in [4.78, 5) is 10.7. The van der Waals surface area contributed by atoms with E-state index < -0.39 is 0 Å². The van der Waals surface area contributed by atoms with Crippen molar-refractivity contribution >= 4 is 5.97 Å². The van der Waals surface area contributed by atoms with Gasteiger partial charge in [-0.3, -0.25) is 4.79 Å². The first-order chi connectivity index (χ1) is 4.83. The van der Waals surface area contributed by atoms with E-state index in [0.717, 1.165) is 12.8 Å². The minimum Gasteiger partial charge on any atom is -0.466 e. The number of hydrogen-bond donors (Lipinski definition) is 0. The van der Waals surface area contributed by atoms with Crippen molar-refractivity contribution in [2.75, 3.05) is 6.61 Å². The Morgan fingerprint density at radius 1 is 1.80 bits per heavy atom. The predicted octanol–water partition coefficient (Wildman–Crippen LogP) is 1.52. The quantitative estimate of drug-likeness (QED) is 0.429. The lowest BCUT2D eigenvalue weighted by Crippen LogP contribution is -2.20. The molecule has 10 heavy (non-hydrogen) atoms. The van der Waals surface area contributed by atoms with E-state index in [0.29, 0.717) is 18.9 Å². The van der Waals surface area contributed by atoms with E-state index in [2.05, 4.69) is 6.58 Å². The van der Waals surface area contributed by atoms with Crippen molar-refractivity contribution in [2.24, 2.45) is 5.92 Å². The highest BCUT2D eigenvalue weighted by molar-refractivity contribution is 5.70. The molecule has 1 rings (SSSR count). The summed E-state index contributed by atoms with van der Waals surface area (Å²) in [5.74, 6) is 0.428. The van der Waals surface area contributed by atoms with Gasteiger partial charge >= 0.3 is 5.97 Å². The van der Waals surface area contributed by atoms with E-state index >= 15 is 0 Å². The molecule has 1 saturated heterocycles. The van der Waals surface area contributed by atoms with Crippen LogP contribution in [-0.4, -0.2) is 12.6 Å². The van der Waals surface area contributed by atoms with Gasteiger partial charge in [0, 0.05) is 6.42 Å². The molecule has 0 amide bonds. The second-order valence-electron chi connectivity index (χ2n) is 2.60. The zero-order chi connectivity index (χ0) is 7.40. The van der Waals surface area contributed by atoms with Crippen LogP contribution < -0.4 is 0 Å². The Bertz CT molecular complexity index is 140. The maximum Gasteiger partial charge on any atom is 0.306 e. The van der Waals surface area contributed by atoms with Gasteiger partial charge in [-0.1, -0.05) is 6.08 Å². The Morgan fingerprint density at radius 3 is 3.20 bits per heavy atom. The topological polar surface area (TPSA) is 26.3 Å². The first-order valence-electron chi connectivity index (χ1n) is 3.59. The molecule has 1 heterocycles. The van der Waals surface area contributed by atoms with Crippen LogP contribution >= 0.6 is 0 Å². The van der Waals surface area contributed by atoms with E-state index in [4.69, 9.17) is 4.74 Å². The van der Waals surface area contributed by atoms with E-state index in [1.54, 1.807) is 0 Å². The minimum absolute atomic E-state index is 0.0573. The summed E-state index contributed by atoms with van der Waals surface area (Å²) >= 11 is 0. The molecule has 2 nitrogen and oxygen atoms in total. The van der Waals surface area contributed by atoms with Crippen LogP contribution in [0.25, 0.3) is 0 Å². The standard InChI is InChI=1S/C8H12O2/c1-2-3-7-4-5-10-8(9)6-7/h2,7H,1,3-6H2. The van der Waals surface area contributed by atoms with Crippen molar-refractivity contribution in [3.8, 4) is 0 Å². The number of carbonyl (C=O) groups is 1. The van der Waals surface area contributed by atoms with Gasteiger partial charge in [0.1, 0.15) is 0 Å². The van der Waals surface area contributed by atoms with Gasteiger partial charge < -0.3 is 4.74 Å². The molecule has 0 aromatic rings. The fourth-order valence-corrected chi connectivity index (χ4v) is 1.17. The third-order valence-corrected chi connectivity index (χ3v) is 1.74. The van der Waals surface area contributed by atoms with Crippen LogP contribution in [0.5, 0.6) is 0 Å². The maximum absolute atomic E-state index is 10.7. The van der Waals surface area contributed by atoms with Crippen molar-refractivity contribution in [3.63, 3.8) is 0 Å². The van der Waals surface area contributed by atoms with Crippen molar-refractivity contribution in [1.82, 2.24) is 0 Å². The fourth-order valence-electron chi connectivity index (χ4n) is 1.17. The Balaban J connectivity index is 2.31. The molecule has 1 unspecified atom stereocenters.